The third-order valence-electron chi connectivity index (χ3n) is 7.22. The average Bonchev–Trinajstić information content (AvgIpc) is 2.91. The number of rotatable bonds is 12. The van der Waals surface area contributed by atoms with Gasteiger partial charge in [0.1, 0.15) is 0 Å². The molecule has 0 aliphatic rings. The Morgan fingerprint density at radius 3 is 2.06 bits per heavy atom. The van der Waals surface area contributed by atoms with Gasteiger partial charge in [0.15, 0.2) is 0 Å². The van der Waals surface area contributed by atoms with Crippen molar-refractivity contribution in [3.63, 3.8) is 0 Å². The summed E-state index contributed by atoms with van der Waals surface area (Å²) in [6.07, 6.45) is 4.36. The van der Waals surface area contributed by atoms with Crippen molar-refractivity contribution in [3.8, 4) is 11.1 Å². The van der Waals surface area contributed by atoms with E-state index in [1.165, 1.54) is 22.3 Å². The Kier molecular flexibility index (Phi) is 9.50. The van der Waals surface area contributed by atoms with E-state index >= 15 is 0 Å². The lowest BCUT2D eigenvalue weighted by molar-refractivity contribution is 0.0283. The van der Waals surface area contributed by atoms with E-state index in [4.69, 9.17) is 0 Å². The van der Waals surface area contributed by atoms with Crippen LogP contribution >= 0.6 is 0 Å². The summed E-state index contributed by atoms with van der Waals surface area (Å²) in [4.78, 5) is 0. The van der Waals surface area contributed by atoms with Gasteiger partial charge in [0.2, 0.25) is 0 Å². The maximum Gasteiger partial charge on any atom is 0.0891 e. The molecule has 188 valence electrons. The standard InChI is InChI=1S/C31H41NO3/c1-5-9-24-17-27(31(35,7-3)8-4)13-15-29(24)30-18-28(14-12-23(30)6-2)32-19-22-10-11-25(20-33)26(16-22)21-34/h10-18,32-35H,5-9,19-21H2,1-4H3. The second kappa shape index (κ2) is 12.3. The number of anilines is 1. The molecule has 3 rings (SSSR count). The summed E-state index contributed by atoms with van der Waals surface area (Å²) in [6, 6.07) is 18.9. The van der Waals surface area contributed by atoms with Crippen LogP contribution in [0, 0.1) is 0 Å². The molecule has 0 amide bonds. The lowest BCUT2D eigenvalue weighted by atomic mass is 9.84. The summed E-state index contributed by atoms with van der Waals surface area (Å²) in [5, 5.41) is 33.7. The second-order valence-electron chi connectivity index (χ2n) is 9.36. The van der Waals surface area contributed by atoms with E-state index in [9.17, 15) is 15.3 Å². The number of aliphatic hydroxyl groups excluding tert-OH is 2. The van der Waals surface area contributed by atoms with Gasteiger partial charge in [-0.1, -0.05) is 76.6 Å². The highest BCUT2D eigenvalue weighted by atomic mass is 16.3. The van der Waals surface area contributed by atoms with Gasteiger partial charge in [-0.05, 0) is 82.3 Å². The predicted octanol–water partition coefficient (Wildman–Crippen LogP) is 6.47. The SMILES string of the molecule is CCCc1cc(C(O)(CC)CC)ccc1-c1cc(NCc2ccc(CO)c(CO)c2)ccc1CC. The molecule has 0 heterocycles. The van der Waals surface area contributed by atoms with Crippen molar-refractivity contribution < 1.29 is 15.3 Å². The van der Waals surface area contributed by atoms with Crippen LogP contribution in [0.4, 0.5) is 5.69 Å². The van der Waals surface area contributed by atoms with E-state index in [0.29, 0.717) is 19.4 Å². The zero-order chi connectivity index (χ0) is 25.4. The molecule has 0 unspecified atom stereocenters. The van der Waals surface area contributed by atoms with E-state index in [2.05, 4.69) is 55.6 Å². The van der Waals surface area contributed by atoms with Crippen LogP contribution in [0.25, 0.3) is 11.1 Å². The molecule has 0 aliphatic heterocycles. The van der Waals surface area contributed by atoms with E-state index < -0.39 is 5.60 Å². The molecule has 35 heavy (non-hydrogen) atoms. The largest absolute Gasteiger partial charge is 0.392 e. The third kappa shape index (κ3) is 6.13. The minimum Gasteiger partial charge on any atom is -0.392 e. The Hall–Kier alpha value is -2.66. The number of hydrogen-bond acceptors (Lipinski definition) is 4. The van der Waals surface area contributed by atoms with Gasteiger partial charge < -0.3 is 20.6 Å². The molecule has 4 N–H and O–H groups in total. The van der Waals surface area contributed by atoms with Crippen LogP contribution in [-0.4, -0.2) is 15.3 Å². The summed E-state index contributed by atoms with van der Waals surface area (Å²) in [5.41, 5.74) is 8.90. The lowest BCUT2D eigenvalue weighted by Crippen LogP contribution is -2.23. The van der Waals surface area contributed by atoms with E-state index in [1.807, 2.05) is 32.0 Å². The van der Waals surface area contributed by atoms with Crippen LogP contribution in [0.5, 0.6) is 0 Å². The zero-order valence-electron chi connectivity index (χ0n) is 21.7. The van der Waals surface area contributed by atoms with Crippen molar-refractivity contribution in [1.82, 2.24) is 0 Å². The molecule has 0 aromatic heterocycles. The van der Waals surface area contributed by atoms with Gasteiger partial charge in [-0.2, -0.15) is 0 Å². The van der Waals surface area contributed by atoms with Crippen molar-refractivity contribution in [3.05, 3.63) is 88.0 Å². The van der Waals surface area contributed by atoms with Crippen LogP contribution in [-0.2, 0) is 38.2 Å². The summed E-state index contributed by atoms with van der Waals surface area (Å²) < 4.78 is 0. The van der Waals surface area contributed by atoms with Crippen LogP contribution in [0.1, 0.15) is 80.3 Å². The van der Waals surface area contributed by atoms with Gasteiger partial charge in [-0.25, -0.2) is 0 Å². The molecule has 4 nitrogen and oxygen atoms in total. The molecule has 4 heteroatoms. The topological polar surface area (TPSA) is 72.7 Å². The van der Waals surface area contributed by atoms with Crippen molar-refractivity contribution in [2.75, 3.05) is 5.32 Å². The minimum absolute atomic E-state index is 0.0712. The van der Waals surface area contributed by atoms with Crippen LogP contribution in [0.3, 0.4) is 0 Å². The maximum atomic E-state index is 11.1. The Morgan fingerprint density at radius 1 is 0.714 bits per heavy atom. The van der Waals surface area contributed by atoms with Gasteiger partial charge in [0, 0.05) is 12.2 Å². The van der Waals surface area contributed by atoms with Gasteiger partial charge in [-0.15, -0.1) is 0 Å². The van der Waals surface area contributed by atoms with Crippen molar-refractivity contribution >= 4 is 5.69 Å². The van der Waals surface area contributed by atoms with Gasteiger partial charge >= 0.3 is 0 Å². The molecule has 0 spiro atoms. The molecule has 0 fully saturated rings. The second-order valence-corrected chi connectivity index (χ2v) is 9.36. The highest BCUT2D eigenvalue weighted by Crippen LogP contribution is 2.36. The number of aryl methyl sites for hydroxylation is 2. The highest BCUT2D eigenvalue weighted by Gasteiger charge is 2.25. The van der Waals surface area contributed by atoms with Crippen LogP contribution < -0.4 is 5.32 Å². The molecule has 0 radical (unpaired) electrons. The van der Waals surface area contributed by atoms with Crippen molar-refractivity contribution in [2.45, 2.75) is 85.2 Å². The predicted molar refractivity (Wildman–Crippen MR) is 145 cm³/mol. The number of nitrogens with one attached hydrogen (secondary N) is 1. The molecule has 0 aliphatic carbocycles. The first-order valence-corrected chi connectivity index (χ1v) is 13.0. The Morgan fingerprint density at radius 2 is 1.43 bits per heavy atom. The fourth-order valence-corrected chi connectivity index (χ4v) is 4.82. The van der Waals surface area contributed by atoms with E-state index in [1.54, 1.807) is 0 Å². The van der Waals surface area contributed by atoms with Crippen LogP contribution in [0.2, 0.25) is 0 Å². The molecule has 0 saturated heterocycles. The molecule has 0 saturated carbocycles. The fourth-order valence-electron chi connectivity index (χ4n) is 4.82. The zero-order valence-corrected chi connectivity index (χ0v) is 21.7. The summed E-state index contributed by atoms with van der Waals surface area (Å²) in [6.45, 7) is 8.95. The minimum atomic E-state index is -0.781. The monoisotopic (exact) mass is 475 g/mol. The fraction of sp³-hybridized carbons (Fsp3) is 0.419. The number of hydrogen-bond donors (Lipinski definition) is 4. The third-order valence-corrected chi connectivity index (χ3v) is 7.22. The summed E-state index contributed by atoms with van der Waals surface area (Å²) in [7, 11) is 0. The molecular weight excluding hydrogens is 434 g/mol. The van der Waals surface area contributed by atoms with E-state index in [-0.39, 0.29) is 13.2 Å². The van der Waals surface area contributed by atoms with Gasteiger partial charge in [0.05, 0.1) is 18.8 Å². The number of benzene rings is 3. The van der Waals surface area contributed by atoms with Gasteiger partial charge in [0.25, 0.3) is 0 Å². The first kappa shape index (κ1) is 26.9. The summed E-state index contributed by atoms with van der Waals surface area (Å²) >= 11 is 0. The van der Waals surface area contributed by atoms with Crippen molar-refractivity contribution in [1.29, 1.82) is 0 Å². The number of aliphatic hydroxyl groups is 3. The quantitative estimate of drug-likeness (QED) is 0.242. The highest BCUT2D eigenvalue weighted by molar-refractivity contribution is 5.75. The first-order chi connectivity index (χ1) is 16.9. The van der Waals surface area contributed by atoms with Crippen molar-refractivity contribution in [2.24, 2.45) is 0 Å². The molecule has 0 atom stereocenters. The Labute approximate surface area is 210 Å². The smallest absolute Gasteiger partial charge is 0.0891 e. The molecule has 3 aromatic carbocycles. The lowest BCUT2D eigenvalue weighted by Gasteiger charge is -2.27. The average molecular weight is 476 g/mol. The maximum absolute atomic E-state index is 11.1. The first-order valence-electron chi connectivity index (χ1n) is 13.0. The Balaban J connectivity index is 1.95. The van der Waals surface area contributed by atoms with E-state index in [0.717, 1.165) is 47.2 Å². The molecule has 0 bridgehead atoms. The molecule has 3 aromatic rings. The van der Waals surface area contributed by atoms with Crippen LogP contribution in [0.15, 0.2) is 54.6 Å². The Bertz CT molecular complexity index is 1120. The van der Waals surface area contributed by atoms with Gasteiger partial charge in [-0.3, -0.25) is 0 Å². The summed E-state index contributed by atoms with van der Waals surface area (Å²) in [5.74, 6) is 0. The molecular formula is C31H41NO3. The normalized spacial score (nSPS) is 11.6.